The number of alkyl halides is 3. The maximum Gasteiger partial charge on any atom is 0.417 e. The highest BCUT2D eigenvalue weighted by Crippen LogP contribution is 2.45. The molecule has 0 aromatic heterocycles. The van der Waals surface area contributed by atoms with E-state index >= 15 is 0 Å². The van der Waals surface area contributed by atoms with E-state index in [2.05, 4.69) is 0 Å². The zero-order valence-corrected chi connectivity index (χ0v) is 22.5. The molecule has 2 aromatic carbocycles. The monoisotopic (exact) mass is 587 g/mol. The van der Waals surface area contributed by atoms with E-state index in [1.54, 1.807) is 10.8 Å². The second kappa shape index (κ2) is 11.3. The van der Waals surface area contributed by atoms with E-state index in [-0.39, 0.29) is 41.1 Å². The minimum atomic E-state index is -4.69. The molecule has 2 aliphatic rings. The Kier molecular flexibility index (Phi) is 8.44. The molecule has 1 amide bonds. The van der Waals surface area contributed by atoms with Gasteiger partial charge in [-0.1, -0.05) is 11.6 Å². The Hall–Kier alpha value is -2.88. The van der Waals surface area contributed by atoms with Crippen molar-refractivity contribution in [3.63, 3.8) is 0 Å². The van der Waals surface area contributed by atoms with E-state index in [0.29, 0.717) is 37.2 Å². The quantitative estimate of drug-likeness (QED) is 0.425. The fraction of sp³-hybridized carbons (Fsp3) is 0.462. The number of nitriles is 1. The number of hydrogen-bond donors (Lipinski definition) is 1. The van der Waals surface area contributed by atoms with Gasteiger partial charge < -0.3 is 4.74 Å². The highest BCUT2D eigenvalue weighted by atomic mass is 35.5. The summed E-state index contributed by atoms with van der Waals surface area (Å²) in [7, 11) is -3.85. The number of hydrogen-bond acceptors (Lipinski definition) is 6. The van der Waals surface area contributed by atoms with Crippen molar-refractivity contribution in [3.8, 4) is 11.8 Å². The highest BCUT2D eigenvalue weighted by Gasteiger charge is 2.36. The fourth-order valence-corrected chi connectivity index (χ4v) is 5.40. The molecule has 0 bridgehead atoms. The van der Waals surface area contributed by atoms with Crippen molar-refractivity contribution in [2.75, 3.05) is 26.0 Å². The third-order valence-electron chi connectivity index (χ3n) is 6.82. The molecule has 0 atom stereocenters. The SMILES string of the molecule is CS(=O)(=O)NC(=O)c1cc(C2CC2)c(OCC2CCN(Cc3cc(Cl)cc(C(F)(F)F)c3C#N)CC2)cc1F. The van der Waals surface area contributed by atoms with Crippen molar-refractivity contribution >= 4 is 27.5 Å². The van der Waals surface area contributed by atoms with Gasteiger partial charge in [0.05, 0.1) is 29.6 Å². The van der Waals surface area contributed by atoms with E-state index in [1.165, 1.54) is 12.1 Å². The van der Waals surface area contributed by atoms with Crippen LogP contribution in [-0.4, -0.2) is 45.2 Å². The number of sulfonamides is 1. The first-order valence-electron chi connectivity index (χ1n) is 12.3. The predicted molar refractivity (Wildman–Crippen MR) is 135 cm³/mol. The second-order valence-corrected chi connectivity index (χ2v) is 12.2. The number of carbonyl (C=O) groups is 1. The molecule has 2 fully saturated rings. The molecular weight excluding hydrogens is 562 g/mol. The molecule has 7 nitrogen and oxygen atoms in total. The molecule has 0 spiro atoms. The van der Waals surface area contributed by atoms with Crippen LogP contribution < -0.4 is 9.46 Å². The van der Waals surface area contributed by atoms with Gasteiger partial charge in [0.2, 0.25) is 10.0 Å². The van der Waals surface area contributed by atoms with E-state index in [1.807, 2.05) is 4.90 Å². The van der Waals surface area contributed by atoms with Crippen LogP contribution in [0.1, 0.15) is 64.2 Å². The Morgan fingerprint density at radius 1 is 1.18 bits per heavy atom. The Bertz CT molecular complexity index is 1410. The number of carbonyl (C=O) groups excluding carboxylic acids is 1. The molecule has 1 aliphatic heterocycles. The van der Waals surface area contributed by atoms with Crippen LogP contribution in [0.2, 0.25) is 5.02 Å². The summed E-state index contributed by atoms with van der Waals surface area (Å²) in [6.45, 7) is 1.54. The number of likely N-dealkylation sites (tertiary alicyclic amines) is 1. The summed E-state index contributed by atoms with van der Waals surface area (Å²) >= 11 is 5.91. The smallest absolute Gasteiger partial charge is 0.417 e. The first kappa shape index (κ1) is 29.1. The van der Waals surface area contributed by atoms with Crippen molar-refractivity contribution in [1.29, 1.82) is 5.26 Å². The Morgan fingerprint density at radius 2 is 1.85 bits per heavy atom. The molecule has 0 radical (unpaired) electrons. The van der Waals surface area contributed by atoms with Crippen LogP contribution in [0.3, 0.4) is 0 Å². The Balaban J connectivity index is 1.39. The Labute approximate surface area is 228 Å². The van der Waals surface area contributed by atoms with Gasteiger partial charge in [-0.3, -0.25) is 9.69 Å². The summed E-state index contributed by atoms with van der Waals surface area (Å²) in [6, 6.07) is 6.28. The van der Waals surface area contributed by atoms with Gasteiger partial charge in [0, 0.05) is 17.6 Å². The van der Waals surface area contributed by atoms with E-state index in [4.69, 9.17) is 16.3 Å². The summed E-state index contributed by atoms with van der Waals surface area (Å²) in [4.78, 5) is 14.2. The van der Waals surface area contributed by atoms with Crippen LogP contribution in [0, 0.1) is 23.1 Å². The minimum Gasteiger partial charge on any atom is -0.493 e. The molecule has 1 heterocycles. The topological polar surface area (TPSA) is 99.5 Å². The van der Waals surface area contributed by atoms with E-state index < -0.39 is 39.1 Å². The predicted octanol–water partition coefficient (Wildman–Crippen LogP) is 5.23. The van der Waals surface area contributed by atoms with Crippen LogP contribution in [0.4, 0.5) is 17.6 Å². The number of ether oxygens (including phenoxy) is 1. The molecule has 1 saturated carbocycles. The summed E-state index contributed by atoms with van der Waals surface area (Å²) < 4.78 is 85.3. The van der Waals surface area contributed by atoms with Gasteiger partial charge in [0.1, 0.15) is 17.6 Å². The average Bonchev–Trinajstić information content (AvgIpc) is 3.67. The summed E-state index contributed by atoms with van der Waals surface area (Å²) in [5, 5.41) is 9.30. The molecule has 39 heavy (non-hydrogen) atoms. The zero-order valence-electron chi connectivity index (χ0n) is 20.9. The maximum absolute atomic E-state index is 14.7. The summed E-state index contributed by atoms with van der Waals surface area (Å²) in [5.41, 5.74) is -0.973. The van der Waals surface area contributed by atoms with Crippen LogP contribution in [0.15, 0.2) is 24.3 Å². The third-order valence-corrected chi connectivity index (χ3v) is 7.59. The zero-order chi connectivity index (χ0) is 28.5. The largest absolute Gasteiger partial charge is 0.493 e. The highest BCUT2D eigenvalue weighted by molar-refractivity contribution is 7.89. The van der Waals surface area contributed by atoms with Gasteiger partial charge in [0.15, 0.2) is 0 Å². The average molecular weight is 588 g/mol. The maximum atomic E-state index is 14.7. The number of amides is 1. The van der Waals surface area contributed by atoms with Crippen LogP contribution in [-0.2, 0) is 22.7 Å². The van der Waals surface area contributed by atoms with Crippen molar-refractivity contribution in [2.24, 2.45) is 5.92 Å². The normalized spacial score (nSPS) is 17.1. The molecular formula is C26H26ClF4N3O4S. The van der Waals surface area contributed by atoms with Gasteiger partial charge in [-0.2, -0.15) is 18.4 Å². The molecule has 1 N–H and O–H groups in total. The van der Waals surface area contributed by atoms with Crippen molar-refractivity contribution in [3.05, 3.63) is 62.9 Å². The first-order chi connectivity index (χ1) is 18.2. The van der Waals surface area contributed by atoms with Gasteiger partial charge >= 0.3 is 6.18 Å². The van der Waals surface area contributed by atoms with Gasteiger partial charge in [-0.25, -0.2) is 17.5 Å². The molecule has 2 aromatic rings. The summed E-state index contributed by atoms with van der Waals surface area (Å²) in [5.74, 6) is -1.42. The van der Waals surface area contributed by atoms with Crippen molar-refractivity contribution in [2.45, 2.75) is 44.3 Å². The minimum absolute atomic E-state index is 0.0851. The molecule has 0 unspecified atom stereocenters. The molecule has 1 saturated heterocycles. The van der Waals surface area contributed by atoms with E-state index in [0.717, 1.165) is 31.2 Å². The lowest BCUT2D eigenvalue weighted by Crippen LogP contribution is -2.35. The van der Waals surface area contributed by atoms with Crippen LogP contribution in [0.5, 0.6) is 5.75 Å². The van der Waals surface area contributed by atoms with Crippen LogP contribution >= 0.6 is 11.6 Å². The number of piperidine rings is 1. The van der Waals surface area contributed by atoms with Crippen LogP contribution in [0.25, 0.3) is 0 Å². The second-order valence-electron chi connectivity index (χ2n) is 9.98. The fourth-order valence-electron chi connectivity index (χ4n) is 4.71. The number of nitrogens with zero attached hydrogens (tertiary/aromatic N) is 2. The summed E-state index contributed by atoms with van der Waals surface area (Å²) in [6.07, 6.45) is -0.848. The molecule has 1 aliphatic carbocycles. The van der Waals surface area contributed by atoms with Crippen molar-refractivity contribution < 1.29 is 35.5 Å². The number of halogens is 5. The van der Waals surface area contributed by atoms with Crippen molar-refractivity contribution in [1.82, 2.24) is 9.62 Å². The van der Waals surface area contributed by atoms with E-state index in [9.17, 15) is 36.0 Å². The van der Waals surface area contributed by atoms with Gasteiger partial charge in [0.25, 0.3) is 5.91 Å². The van der Waals surface area contributed by atoms with Gasteiger partial charge in [-0.05, 0) is 79.9 Å². The number of nitrogens with one attached hydrogen (secondary N) is 1. The van der Waals surface area contributed by atoms with Gasteiger partial charge in [-0.15, -0.1) is 0 Å². The molecule has 210 valence electrons. The lowest BCUT2D eigenvalue weighted by atomic mass is 9.96. The molecule has 13 heteroatoms. The standard InChI is InChI=1S/C26H26ClF4N3O4S/c1-39(36,37)33-25(35)20-10-19(16-2-3-16)24(11-23(20)28)38-14-15-4-6-34(7-5-15)13-17-8-18(27)9-22(21(17)12-32)26(29,30)31/h8-11,15-16H,2-7,13-14H2,1H3,(H,33,35). The Morgan fingerprint density at radius 3 is 2.41 bits per heavy atom. The molecule has 4 rings (SSSR count). The number of rotatable bonds is 8. The first-order valence-corrected chi connectivity index (χ1v) is 14.5. The lowest BCUT2D eigenvalue weighted by molar-refractivity contribution is -0.137. The third kappa shape index (κ3) is 7.41. The number of benzene rings is 2. The lowest BCUT2D eigenvalue weighted by Gasteiger charge is -2.32.